The Bertz CT molecular complexity index is 882. The number of nitrogens with one attached hydrogen (secondary N) is 1. The summed E-state index contributed by atoms with van der Waals surface area (Å²) in [6, 6.07) is 5.22. The van der Waals surface area contributed by atoms with Crippen LogP contribution in [0.3, 0.4) is 0 Å². The summed E-state index contributed by atoms with van der Waals surface area (Å²) in [5.74, 6) is -15.5. The van der Waals surface area contributed by atoms with Gasteiger partial charge in [0.05, 0.1) is 0 Å². The molecule has 0 bridgehead atoms. The van der Waals surface area contributed by atoms with Crippen molar-refractivity contribution in [3.05, 3.63) is 59.4 Å². The molecular formula is C15H11F5NO5P. The molecule has 1 unspecified atom stereocenters. The highest BCUT2D eigenvalue weighted by atomic mass is 31.2. The van der Waals surface area contributed by atoms with E-state index in [4.69, 9.17) is 9.63 Å². The van der Waals surface area contributed by atoms with Crippen LogP contribution in [0.1, 0.15) is 6.92 Å². The van der Waals surface area contributed by atoms with Gasteiger partial charge >= 0.3 is 13.7 Å². The number of halogens is 5. The predicted molar refractivity (Wildman–Crippen MR) is 81.8 cm³/mol. The van der Waals surface area contributed by atoms with E-state index in [0.29, 0.717) is 0 Å². The van der Waals surface area contributed by atoms with Crippen molar-refractivity contribution >= 4 is 13.7 Å². The molecule has 12 heteroatoms. The van der Waals surface area contributed by atoms with Crippen LogP contribution in [0.4, 0.5) is 22.0 Å². The SMILES string of the molecule is CC(N[P@@](=O)(Oc1ccccc1)Oc1c(F)c(F)c(F)c(F)c1F)C(=O)O. The molecule has 0 spiro atoms. The standard InChI is InChI=1S/C15H11F5NO5P/c1-7(15(22)23)21-27(24,25-8-5-3-2-4-6-8)26-14-12(19)10(17)9(16)11(18)13(14)20/h2-7H,1H3,(H,21,24)(H,22,23)/t7?,27-/m1/s1. The summed E-state index contributed by atoms with van der Waals surface area (Å²) in [6.45, 7) is 0.991. The van der Waals surface area contributed by atoms with Crippen molar-refractivity contribution < 1.29 is 45.5 Å². The van der Waals surface area contributed by atoms with Crippen molar-refractivity contribution in [2.45, 2.75) is 13.0 Å². The number of hydrogen-bond acceptors (Lipinski definition) is 4. The van der Waals surface area contributed by atoms with Crippen LogP contribution < -0.4 is 14.1 Å². The molecule has 0 heterocycles. The first-order chi connectivity index (χ1) is 12.6. The fraction of sp³-hybridized carbons (Fsp3) is 0.133. The van der Waals surface area contributed by atoms with Gasteiger partial charge in [-0.3, -0.25) is 4.79 Å². The van der Waals surface area contributed by atoms with Crippen molar-refractivity contribution in [2.24, 2.45) is 0 Å². The van der Waals surface area contributed by atoms with Crippen molar-refractivity contribution in [1.82, 2.24) is 5.09 Å². The maximum Gasteiger partial charge on any atom is 0.513 e. The van der Waals surface area contributed by atoms with Crippen molar-refractivity contribution in [1.29, 1.82) is 0 Å². The highest BCUT2D eigenvalue weighted by Gasteiger charge is 2.37. The zero-order valence-corrected chi connectivity index (χ0v) is 14.3. The third kappa shape index (κ3) is 4.55. The van der Waals surface area contributed by atoms with Crippen LogP contribution >= 0.6 is 7.75 Å². The van der Waals surface area contributed by atoms with Gasteiger partial charge in [-0.2, -0.15) is 13.9 Å². The van der Waals surface area contributed by atoms with Gasteiger partial charge < -0.3 is 14.2 Å². The molecule has 0 aliphatic heterocycles. The maximum atomic E-state index is 13.8. The smallest absolute Gasteiger partial charge is 0.480 e. The van der Waals surface area contributed by atoms with Crippen LogP contribution in [0.25, 0.3) is 0 Å². The molecule has 0 aromatic heterocycles. The zero-order valence-electron chi connectivity index (χ0n) is 13.4. The summed E-state index contributed by atoms with van der Waals surface area (Å²) < 4.78 is 89.5. The minimum atomic E-state index is -4.95. The van der Waals surface area contributed by atoms with E-state index in [2.05, 4.69) is 4.52 Å². The summed E-state index contributed by atoms with van der Waals surface area (Å²) in [6.07, 6.45) is 0. The number of carboxylic acid groups (broad SMARTS) is 1. The third-order valence-corrected chi connectivity index (χ3v) is 4.65. The fourth-order valence-electron chi connectivity index (χ4n) is 1.77. The molecule has 2 aromatic carbocycles. The van der Waals surface area contributed by atoms with Crippen LogP contribution in [0.2, 0.25) is 0 Å². The second kappa shape index (κ2) is 7.93. The number of carboxylic acids is 1. The Morgan fingerprint density at radius 2 is 1.44 bits per heavy atom. The average Bonchev–Trinajstić information content (AvgIpc) is 2.62. The minimum Gasteiger partial charge on any atom is -0.480 e. The molecular weight excluding hydrogens is 400 g/mol. The van der Waals surface area contributed by atoms with Crippen molar-refractivity contribution in [3.63, 3.8) is 0 Å². The van der Waals surface area contributed by atoms with Gasteiger partial charge in [0.2, 0.25) is 34.8 Å². The molecule has 2 atom stereocenters. The van der Waals surface area contributed by atoms with E-state index in [0.717, 1.165) is 6.92 Å². The molecule has 2 N–H and O–H groups in total. The van der Waals surface area contributed by atoms with E-state index >= 15 is 0 Å². The topological polar surface area (TPSA) is 84.9 Å². The second-order valence-corrected chi connectivity index (χ2v) is 6.70. The monoisotopic (exact) mass is 411 g/mol. The van der Waals surface area contributed by atoms with E-state index in [1.165, 1.54) is 30.3 Å². The lowest BCUT2D eigenvalue weighted by Crippen LogP contribution is -2.34. The summed E-state index contributed by atoms with van der Waals surface area (Å²) >= 11 is 0. The average molecular weight is 411 g/mol. The lowest BCUT2D eigenvalue weighted by molar-refractivity contribution is -0.138. The molecule has 0 aliphatic carbocycles. The first kappa shape index (κ1) is 20.7. The minimum absolute atomic E-state index is 0.185. The van der Waals surface area contributed by atoms with E-state index in [1.54, 1.807) is 0 Å². The number of carbonyl (C=O) groups is 1. The van der Waals surface area contributed by atoms with Crippen molar-refractivity contribution in [3.8, 4) is 11.5 Å². The van der Waals surface area contributed by atoms with Gasteiger partial charge in [0.25, 0.3) is 0 Å². The lowest BCUT2D eigenvalue weighted by Gasteiger charge is -2.22. The Labute approximate surface area is 149 Å². The van der Waals surface area contributed by atoms with Crippen LogP contribution in [0.5, 0.6) is 11.5 Å². The molecule has 2 aromatic rings. The number of para-hydroxylation sites is 1. The number of rotatable bonds is 7. The van der Waals surface area contributed by atoms with Gasteiger partial charge in [0, 0.05) is 0 Å². The normalized spacial score (nSPS) is 14.3. The van der Waals surface area contributed by atoms with E-state index < -0.39 is 54.6 Å². The molecule has 0 aliphatic rings. The molecule has 146 valence electrons. The van der Waals surface area contributed by atoms with Gasteiger partial charge in [-0.15, -0.1) is 0 Å². The van der Waals surface area contributed by atoms with E-state index in [1.807, 2.05) is 5.09 Å². The molecule has 27 heavy (non-hydrogen) atoms. The lowest BCUT2D eigenvalue weighted by atomic mass is 10.3. The Hall–Kier alpha value is -2.65. The summed E-state index contributed by atoms with van der Waals surface area (Å²) in [5.41, 5.74) is 0. The first-order valence-corrected chi connectivity index (χ1v) is 8.66. The highest BCUT2D eigenvalue weighted by molar-refractivity contribution is 7.52. The van der Waals surface area contributed by atoms with Crippen LogP contribution in [0.15, 0.2) is 30.3 Å². The summed E-state index contributed by atoms with van der Waals surface area (Å²) in [7, 11) is -4.95. The molecule has 0 radical (unpaired) electrons. The summed E-state index contributed by atoms with van der Waals surface area (Å²) in [4.78, 5) is 11.0. The van der Waals surface area contributed by atoms with Gasteiger partial charge in [0.1, 0.15) is 11.8 Å². The number of aliphatic carboxylic acids is 1. The Kier molecular flexibility index (Phi) is 6.07. The van der Waals surface area contributed by atoms with Gasteiger partial charge in [0.15, 0.2) is 0 Å². The van der Waals surface area contributed by atoms with Crippen LogP contribution in [-0.4, -0.2) is 17.1 Å². The first-order valence-electron chi connectivity index (χ1n) is 7.12. The van der Waals surface area contributed by atoms with Crippen molar-refractivity contribution in [2.75, 3.05) is 0 Å². The Morgan fingerprint density at radius 1 is 0.963 bits per heavy atom. The third-order valence-electron chi connectivity index (χ3n) is 3.07. The molecule has 6 nitrogen and oxygen atoms in total. The van der Waals surface area contributed by atoms with E-state index in [9.17, 15) is 31.3 Å². The largest absolute Gasteiger partial charge is 0.513 e. The number of benzene rings is 2. The molecule has 0 saturated carbocycles. The van der Waals surface area contributed by atoms with Gasteiger partial charge in [-0.1, -0.05) is 18.2 Å². The molecule has 2 rings (SSSR count). The number of hydrogen-bond donors (Lipinski definition) is 2. The van der Waals surface area contributed by atoms with Crippen LogP contribution in [0, 0.1) is 29.1 Å². The Balaban J connectivity index is 2.49. The Morgan fingerprint density at radius 3 is 1.93 bits per heavy atom. The molecule has 0 saturated heterocycles. The predicted octanol–water partition coefficient (Wildman–Crippen LogP) is 4.01. The quantitative estimate of drug-likeness (QED) is 0.310. The molecule has 0 amide bonds. The highest BCUT2D eigenvalue weighted by Crippen LogP contribution is 2.47. The maximum absolute atomic E-state index is 13.8. The van der Waals surface area contributed by atoms with Gasteiger partial charge in [-0.05, 0) is 19.1 Å². The van der Waals surface area contributed by atoms with E-state index in [-0.39, 0.29) is 5.75 Å². The second-order valence-electron chi connectivity index (χ2n) is 5.08. The van der Waals surface area contributed by atoms with Crippen LogP contribution in [-0.2, 0) is 9.36 Å². The zero-order chi connectivity index (χ0) is 20.4. The summed E-state index contributed by atoms with van der Waals surface area (Å²) in [5, 5.41) is 10.7. The molecule has 0 fully saturated rings. The van der Waals surface area contributed by atoms with Gasteiger partial charge in [-0.25, -0.2) is 17.7 Å². The fourth-order valence-corrected chi connectivity index (χ4v) is 3.30.